The highest BCUT2D eigenvalue weighted by Crippen LogP contribution is 2.52. The van der Waals surface area contributed by atoms with Crippen LogP contribution in [-0.4, -0.2) is 15.8 Å². The van der Waals surface area contributed by atoms with Crippen molar-refractivity contribution in [1.82, 2.24) is 9.13 Å². The molecule has 0 saturated heterocycles. The Morgan fingerprint density at radius 3 is 1.39 bits per heavy atom. The van der Waals surface area contributed by atoms with E-state index in [1.54, 1.807) is 0 Å². The summed E-state index contributed by atoms with van der Waals surface area (Å²) in [6.45, 7) is 13.7. The molecule has 3 aromatic heterocycles. The van der Waals surface area contributed by atoms with Crippen LogP contribution in [0.1, 0.15) is 52.7 Å². The Hall–Kier alpha value is -11.3. The Balaban J connectivity index is 0.988. The molecule has 0 saturated carbocycles. The van der Waals surface area contributed by atoms with Crippen molar-refractivity contribution in [2.75, 3.05) is 14.7 Å². The zero-order chi connectivity index (χ0) is 62.4. The Bertz CT molecular complexity index is 5530. The monoisotopic (exact) mass is 1200 g/mol. The van der Waals surface area contributed by atoms with E-state index in [1.807, 2.05) is 0 Å². The molecule has 0 fully saturated rings. The second-order valence-corrected chi connectivity index (χ2v) is 27.3. The van der Waals surface area contributed by atoms with Crippen LogP contribution in [0.4, 0.5) is 51.2 Å². The first kappa shape index (κ1) is 54.6. The van der Waals surface area contributed by atoms with Crippen molar-refractivity contribution in [3.05, 3.63) is 302 Å². The molecule has 2 aliphatic heterocycles. The maximum Gasteiger partial charge on any atom is 0.252 e. The van der Waals surface area contributed by atoms with E-state index < -0.39 is 0 Å². The molecule has 18 rings (SSSR count). The highest BCUT2D eigenvalue weighted by atomic mass is 16.3. The van der Waals surface area contributed by atoms with Gasteiger partial charge in [0.2, 0.25) is 0 Å². The predicted octanol–water partition coefficient (Wildman–Crippen LogP) is 21.6. The highest BCUT2D eigenvalue weighted by molar-refractivity contribution is 7.00. The molecular formula is C86H66BN5O. The largest absolute Gasteiger partial charge is 0.452 e. The molecule has 6 nitrogen and oxygen atoms in total. The second-order valence-electron chi connectivity index (χ2n) is 27.3. The fraction of sp³-hybridized carbons (Fsp3) is 0.0930. The van der Waals surface area contributed by atoms with Crippen LogP contribution in [0.15, 0.2) is 296 Å². The van der Waals surface area contributed by atoms with Gasteiger partial charge in [0.15, 0.2) is 11.2 Å². The Morgan fingerprint density at radius 2 is 0.806 bits per heavy atom. The number of nitrogens with zero attached hydrogens (tertiary/aromatic N) is 5. The lowest BCUT2D eigenvalue weighted by Crippen LogP contribution is -2.61. The number of hydrogen-bond acceptors (Lipinski definition) is 4. The van der Waals surface area contributed by atoms with Gasteiger partial charge in [-0.15, -0.1) is 0 Å². The van der Waals surface area contributed by atoms with E-state index in [-0.39, 0.29) is 17.5 Å². The van der Waals surface area contributed by atoms with Gasteiger partial charge in [-0.1, -0.05) is 224 Å². The molecule has 5 heterocycles. The first-order chi connectivity index (χ1) is 45.4. The van der Waals surface area contributed by atoms with Gasteiger partial charge in [0.05, 0.1) is 39.1 Å². The van der Waals surface area contributed by atoms with Gasteiger partial charge in [-0.3, -0.25) is 0 Å². The normalized spacial score (nSPS) is 13.0. The van der Waals surface area contributed by atoms with Crippen LogP contribution in [0.2, 0.25) is 0 Å². The molecule has 0 N–H and O–H groups in total. The lowest BCUT2D eigenvalue weighted by molar-refractivity contribution is 0.590. The number of anilines is 9. The number of aromatic nitrogens is 2. The van der Waals surface area contributed by atoms with Crippen LogP contribution in [0.3, 0.4) is 0 Å². The molecule has 0 unspecified atom stereocenters. The van der Waals surface area contributed by atoms with Crippen molar-refractivity contribution in [3.63, 3.8) is 0 Å². The van der Waals surface area contributed by atoms with E-state index in [4.69, 9.17) is 4.42 Å². The Labute approximate surface area is 542 Å². The van der Waals surface area contributed by atoms with Gasteiger partial charge in [-0.25, -0.2) is 0 Å². The van der Waals surface area contributed by atoms with E-state index in [0.717, 1.165) is 118 Å². The molecule has 16 aromatic rings. The van der Waals surface area contributed by atoms with Gasteiger partial charge in [-0.2, -0.15) is 0 Å². The van der Waals surface area contributed by atoms with Crippen LogP contribution < -0.4 is 31.1 Å². The minimum atomic E-state index is -0.197. The summed E-state index contributed by atoms with van der Waals surface area (Å²) >= 11 is 0. The maximum absolute atomic E-state index is 7.81. The molecule has 2 aliphatic rings. The van der Waals surface area contributed by atoms with Gasteiger partial charge in [0.1, 0.15) is 0 Å². The lowest BCUT2D eigenvalue weighted by atomic mass is 9.33. The standard InChI is InChI=1S/C86H66BN5O/c1-85(2,3)57-41-44-61(45-42-57)89-78-52-62(88(59-27-12-8-13-28-59)60-29-14-9-15-30-60)46-47-70(78)87-71-51-58(86(4,5)6)43-48-76(71)92(80-54-63(53-79(89)82(80)87)90-72-36-20-16-31-64(72)65-32-17-21-37-73(65)90)81-50-56(55-25-10-7-11-26-55)49-69-68-35-24-40-77(83(68)93-84(69)81)91-74-38-22-18-33-66(74)67-34-19-23-39-75(67)91/h7-54H,1-6H3. The van der Waals surface area contributed by atoms with E-state index in [2.05, 4.69) is 357 Å². The lowest BCUT2D eigenvalue weighted by Gasteiger charge is -2.45. The summed E-state index contributed by atoms with van der Waals surface area (Å²) in [6, 6.07) is 108. The molecule has 93 heavy (non-hydrogen) atoms. The molecule has 13 aromatic carbocycles. The molecule has 0 bridgehead atoms. The van der Waals surface area contributed by atoms with Gasteiger partial charge in [0.25, 0.3) is 6.71 Å². The molecule has 0 atom stereocenters. The van der Waals surface area contributed by atoms with Gasteiger partial charge in [-0.05, 0) is 159 Å². The smallest absolute Gasteiger partial charge is 0.252 e. The maximum atomic E-state index is 7.81. The summed E-state index contributed by atoms with van der Waals surface area (Å²) in [7, 11) is 0. The summed E-state index contributed by atoms with van der Waals surface area (Å²) in [6.07, 6.45) is 0. The fourth-order valence-electron chi connectivity index (χ4n) is 15.3. The summed E-state index contributed by atoms with van der Waals surface area (Å²) < 4.78 is 12.7. The van der Waals surface area contributed by atoms with E-state index in [0.29, 0.717) is 0 Å². The molecular weight excluding hydrogens is 1130 g/mol. The first-order valence-corrected chi connectivity index (χ1v) is 32.5. The third-order valence-corrected chi connectivity index (χ3v) is 19.7. The minimum Gasteiger partial charge on any atom is -0.452 e. The predicted molar refractivity (Wildman–Crippen MR) is 394 cm³/mol. The average Bonchev–Trinajstić information content (AvgIpc) is 1.06. The van der Waals surface area contributed by atoms with Crippen LogP contribution in [-0.2, 0) is 10.8 Å². The number of benzene rings is 13. The minimum absolute atomic E-state index is 0.0620. The van der Waals surface area contributed by atoms with Crippen molar-refractivity contribution < 1.29 is 4.42 Å². The number of para-hydroxylation sites is 7. The van der Waals surface area contributed by atoms with Crippen molar-refractivity contribution in [2.45, 2.75) is 52.4 Å². The van der Waals surface area contributed by atoms with E-state index in [9.17, 15) is 0 Å². The van der Waals surface area contributed by atoms with Crippen LogP contribution >= 0.6 is 0 Å². The van der Waals surface area contributed by atoms with Crippen LogP contribution in [0.25, 0.3) is 88.1 Å². The fourth-order valence-corrected chi connectivity index (χ4v) is 15.3. The molecule has 0 amide bonds. The zero-order valence-corrected chi connectivity index (χ0v) is 52.9. The van der Waals surface area contributed by atoms with Gasteiger partial charge in [0, 0.05) is 77.8 Å². The molecule has 0 spiro atoms. The van der Waals surface area contributed by atoms with Crippen LogP contribution in [0.5, 0.6) is 0 Å². The molecule has 0 aliphatic carbocycles. The Morgan fingerprint density at radius 1 is 0.301 bits per heavy atom. The summed E-state index contributed by atoms with van der Waals surface area (Å²) in [5.41, 5.74) is 26.2. The number of hydrogen-bond donors (Lipinski definition) is 0. The molecule has 0 radical (unpaired) electrons. The van der Waals surface area contributed by atoms with Gasteiger partial charge >= 0.3 is 0 Å². The van der Waals surface area contributed by atoms with Crippen molar-refractivity contribution in [2.24, 2.45) is 0 Å². The first-order valence-electron chi connectivity index (χ1n) is 32.5. The summed E-state index contributed by atoms with van der Waals surface area (Å²) in [4.78, 5) is 7.56. The van der Waals surface area contributed by atoms with Gasteiger partial charge < -0.3 is 28.3 Å². The Kier molecular flexibility index (Phi) is 12.1. The average molecular weight is 1200 g/mol. The quantitative estimate of drug-likeness (QED) is 0.142. The van der Waals surface area contributed by atoms with Crippen molar-refractivity contribution >= 4 is 140 Å². The second kappa shape index (κ2) is 20.6. The topological polar surface area (TPSA) is 32.7 Å². The zero-order valence-electron chi connectivity index (χ0n) is 52.9. The number of furan rings is 1. The third-order valence-electron chi connectivity index (χ3n) is 19.7. The molecule has 7 heteroatoms. The van der Waals surface area contributed by atoms with E-state index >= 15 is 0 Å². The van der Waals surface area contributed by atoms with Crippen molar-refractivity contribution in [1.29, 1.82) is 0 Å². The SMILES string of the molecule is CC(C)(C)c1ccc(N2c3cc(N(c4ccccc4)c4ccccc4)ccc3B3c4cc(C(C)(C)C)ccc4N(c4cc(-c5ccccc5)cc5c4oc4c(-n6c7ccccc7c7ccccc76)cccc45)c4cc(-n5c6ccccc6c6ccccc65)cc2c43)cc1. The summed E-state index contributed by atoms with van der Waals surface area (Å²) in [5, 5.41) is 6.93. The number of fused-ring (bicyclic) bond motifs is 13. The molecule has 444 valence electrons. The third kappa shape index (κ3) is 8.49. The number of rotatable bonds is 8. The summed E-state index contributed by atoms with van der Waals surface area (Å²) in [5.74, 6) is 0. The van der Waals surface area contributed by atoms with Crippen molar-refractivity contribution in [3.8, 4) is 22.5 Å². The highest BCUT2D eigenvalue weighted by Gasteiger charge is 2.45. The van der Waals surface area contributed by atoms with E-state index in [1.165, 1.54) is 49.1 Å². The van der Waals surface area contributed by atoms with Crippen LogP contribution in [0, 0.1) is 0 Å².